The van der Waals surface area contributed by atoms with Gasteiger partial charge >= 0.3 is 5.97 Å². The van der Waals surface area contributed by atoms with Crippen molar-refractivity contribution in [3.8, 4) is 0 Å². The van der Waals surface area contributed by atoms with Crippen molar-refractivity contribution in [3.05, 3.63) is 34.3 Å². The highest BCUT2D eigenvalue weighted by atomic mass is 79.9. The van der Waals surface area contributed by atoms with Crippen LogP contribution >= 0.6 is 15.9 Å². The molecule has 1 rings (SSSR count). The number of hydrogen-bond acceptors (Lipinski definition) is 2. The first kappa shape index (κ1) is 9.80. The average Bonchev–Trinajstić information content (AvgIpc) is 2.06. The lowest BCUT2D eigenvalue weighted by Crippen LogP contribution is -1.90. The van der Waals surface area contributed by atoms with Crippen LogP contribution in [-0.2, 0) is 4.79 Å². The van der Waals surface area contributed by atoms with E-state index in [2.05, 4.69) is 15.9 Å². The van der Waals surface area contributed by atoms with Gasteiger partial charge in [0.2, 0.25) is 0 Å². The Bertz CT molecular complexity index is 361. The lowest BCUT2D eigenvalue weighted by molar-refractivity contribution is -0.131. The first-order valence-corrected chi connectivity index (χ1v) is 4.35. The molecule has 0 spiro atoms. The maximum atomic E-state index is 10.2. The van der Waals surface area contributed by atoms with Crippen molar-refractivity contribution in [2.24, 2.45) is 0 Å². The van der Waals surface area contributed by atoms with Crippen molar-refractivity contribution < 1.29 is 9.90 Å². The third kappa shape index (κ3) is 2.91. The molecule has 0 aromatic heterocycles. The quantitative estimate of drug-likeness (QED) is 0.616. The van der Waals surface area contributed by atoms with Crippen LogP contribution in [0, 0.1) is 0 Å². The zero-order chi connectivity index (χ0) is 9.84. The molecule has 0 bridgehead atoms. The number of nitrogen functional groups attached to an aromatic ring is 1. The van der Waals surface area contributed by atoms with E-state index in [0.29, 0.717) is 11.3 Å². The molecule has 0 radical (unpaired) electrons. The second-order valence-electron chi connectivity index (χ2n) is 2.44. The van der Waals surface area contributed by atoms with Crippen LogP contribution in [0.1, 0.15) is 5.56 Å². The molecule has 0 aliphatic rings. The molecule has 68 valence electrons. The molecule has 0 fully saturated rings. The third-order valence-corrected chi connectivity index (χ3v) is 1.95. The fourth-order valence-corrected chi connectivity index (χ4v) is 1.23. The molecule has 13 heavy (non-hydrogen) atoms. The fourth-order valence-electron chi connectivity index (χ4n) is 0.851. The van der Waals surface area contributed by atoms with E-state index in [1.165, 1.54) is 6.08 Å². The number of halogens is 1. The Kier molecular flexibility index (Phi) is 3.08. The van der Waals surface area contributed by atoms with E-state index >= 15 is 0 Å². The molecule has 1 aromatic rings. The zero-order valence-electron chi connectivity index (χ0n) is 6.70. The van der Waals surface area contributed by atoms with Crippen LogP contribution in [0.2, 0.25) is 0 Å². The predicted octanol–water partition coefficient (Wildman–Crippen LogP) is 2.13. The maximum absolute atomic E-state index is 10.2. The van der Waals surface area contributed by atoms with Gasteiger partial charge in [0.15, 0.2) is 0 Å². The minimum atomic E-state index is -0.987. The monoisotopic (exact) mass is 241 g/mol. The number of benzene rings is 1. The second kappa shape index (κ2) is 4.09. The number of nitrogens with two attached hydrogens (primary N) is 1. The minimum Gasteiger partial charge on any atom is -0.478 e. The summed E-state index contributed by atoms with van der Waals surface area (Å²) in [6.07, 6.45) is 2.51. The van der Waals surface area contributed by atoms with Crippen LogP contribution in [-0.4, -0.2) is 11.1 Å². The van der Waals surface area contributed by atoms with Crippen molar-refractivity contribution in [3.63, 3.8) is 0 Å². The summed E-state index contributed by atoms with van der Waals surface area (Å²) in [4.78, 5) is 10.2. The molecular formula is C9H8BrNO2. The van der Waals surface area contributed by atoms with Crippen molar-refractivity contribution in [2.75, 3.05) is 5.73 Å². The summed E-state index contributed by atoms with van der Waals surface area (Å²) in [5.41, 5.74) is 6.86. The number of carboxylic acid groups (broad SMARTS) is 1. The Hall–Kier alpha value is -1.29. The van der Waals surface area contributed by atoms with Gasteiger partial charge in [0.25, 0.3) is 0 Å². The van der Waals surface area contributed by atoms with Gasteiger partial charge < -0.3 is 10.8 Å². The van der Waals surface area contributed by atoms with Crippen molar-refractivity contribution in [1.82, 2.24) is 0 Å². The van der Waals surface area contributed by atoms with E-state index in [1.807, 2.05) is 0 Å². The Balaban J connectivity index is 3.00. The van der Waals surface area contributed by atoms with Crippen molar-refractivity contribution in [1.29, 1.82) is 0 Å². The van der Waals surface area contributed by atoms with Gasteiger partial charge in [-0.05, 0) is 29.8 Å². The normalized spacial score (nSPS) is 10.5. The maximum Gasteiger partial charge on any atom is 0.328 e. The Morgan fingerprint density at radius 2 is 2.23 bits per heavy atom. The zero-order valence-corrected chi connectivity index (χ0v) is 8.28. The SMILES string of the molecule is Nc1ccc(Br)cc1C=CC(=O)O. The number of hydrogen-bond donors (Lipinski definition) is 2. The summed E-state index contributed by atoms with van der Waals surface area (Å²) < 4.78 is 0.867. The number of carbonyl (C=O) groups is 1. The molecule has 0 aliphatic carbocycles. The lowest BCUT2D eigenvalue weighted by Gasteiger charge is -1.99. The molecule has 0 aliphatic heterocycles. The van der Waals surface area contributed by atoms with Crippen LogP contribution in [0.5, 0.6) is 0 Å². The standard InChI is InChI=1S/C9H8BrNO2/c10-7-2-3-8(11)6(5-7)1-4-9(12)13/h1-5H,11H2,(H,12,13). The first-order valence-electron chi connectivity index (χ1n) is 3.55. The fraction of sp³-hybridized carbons (Fsp3) is 0. The van der Waals surface area contributed by atoms with Gasteiger partial charge in [-0.2, -0.15) is 0 Å². The number of carboxylic acids is 1. The molecule has 0 heterocycles. The highest BCUT2D eigenvalue weighted by molar-refractivity contribution is 9.10. The first-order chi connectivity index (χ1) is 6.09. The Morgan fingerprint density at radius 3 is 2.85 bits per heavy atom. The van der Waals surface area contributed by atoms with E-state index < -0.39 is 5.97 Å². The predicted molar refractivity (Wildman–Crippen MR) is 55.2 cm³/mol. The van der Waals surface area contributed by atoms with Gasteiger partial charge in [0, 0.05) is 16.2 Å². The van der Waals surface area contributed by atoms with Crippen LogP contribution in [0.15, 0.2) is 28.7 Å². The van der Waals surface area contributed by atoms with Crippen LogP contribution in [0.3, 0.4) is 0 Å². The van der Waals surface area contributed by atoms with Crippen molar-refractivity contribution >= 4 is 33.7 Å². The van der Waals surface area contributed by atoms with Gasteiger partial charge in [-0.3, -0.25) is 0 Å². The molecule has 0 amide bonds. The van der Waals surface area contributed by atoms with E-state index in [4.69, 9.17) is 10.8 Å². The number of rotatable bonds is 2. The topological polar surface area (TPSA) is 63.3 Å². The summed E-state index contributed by atoms with van der Waals surface area (Å²) in [6, 6.07) is 5.27. The van der Waals surface area contributed by atoms with Crippen molar-refractivity contribution in [2.45, 2.75) is 0 Å². The number of aliphatic carboxylic acids is 1. The summed E-state index contributed by atoms with van der Waals surface area (Å²) in [5, 5.41) is 8.40. The summed E-state index contributed by atoms with van der Waals surface area (Å²) in [5.74, 6) is -0.987. The average molecular weight is 242 g/mol. The molecule has 1 aromatic carbocycles. The van der Waals surface area contributed by atoms with Gasteiger partial charge in [-0.1, -0.05) is 15.9 Å². The molecule has 0 atom stereocenters. The van der Waals surface area contributed by atoms with E-state index in [9.17, 15) is 4.79 Å². The third-order valence-electron chi connectivity index (χ3n) is 1.45. The largest absolute Gasteiger partial charge is 0.478 e. The summed E-state index contributed by atoms with van der Waals surface area (Å²) in [7, 11) is 0. The highest BCUT2D eigenvalue weighted by Crippen LogP contribution is 2.19. The van der Waals surface area contributed by atoms with Gasteiger partial charge in [0.05, 0.1) is 0 Å². The Labute approximate surface area is 84.0 Å². The summed E-state index contributed by atoms with van der Waals surface area (Å²) >= 11 is 3.27. The second-order valence-corrected chi connectivity index (χ2v) is 3.36. The molecule has 0 saturated heterocycles. The number of anilines is 1. The minimum absolute atomic E-state index is 0.556. The molecular weight excluding hydrogens is 234 g/mol. The van der Waals surface area contributed by atoms with Gasteiger partial charge in [-0.15, -0.1) is 0 Å². The van der Waals surface area contributed by atoms with Crippen LogP contribution < -0.4 is 5.73 Å². The Morgan fingerprint density at radius 1 is 1.54 bits per heavy atom. The van der Waals surface area contributed by atoms with E-state index in [1.54, 1.807) is 18.2 Å². The summed E-state index contributed by atoms with van der Waals surface area (Å²) in [6.45, 7) is 0. The molecule has 4 heteroatoms. The van der Waals surface area contributed by atoms with E-state index in [-0.39, 0.29) is 0 Å². The van der Waals surface area contributed by atoms with Crippen LogP contribution in [0.4, 0.5) is 5.69 Å². The lowest BCUT2D eigenvalue weighted by atomic mass is 10.2. The van der Waals surface area contributed by atoms with Crippen LogP contribution in [0.25, 0.3) is 6.08 Å². The molecule has 3 N–H and O–H groups in total. The molecule has 0 unspecified atom stereocenters. The smallest absolute Gasteiger partial charge is 0.328 e. The highest BCUT2D eigenvalue weighted by Gasteiger charge is 1.96. The molecule has 0 saturated carbocycles. The molecule has 3 nitrogen and oxygen atoms in total. The van der Waals surface area contributed by atoms with Gasteiger partial charge in [-0.25, -0.2) is 4.79 Å². The van der Waals surface area contributed by atoms with Gasteiger partial charge in [0.1, 0.15) is 0 Å². The van der Waals surface area contributed by atoms with E-state index in [0.717, 1.165) is 10.5 Å².